The van der Waals surface area contributed by atoms with Gasteiger partial charge in [-0.15, -0.1) is 0 Å². The number of likely N-dealkylation sites (N-methyl/N-ethyl adjacent to an activating group) is 1. The highest BCUT2D eigenvalue weighted by Gasteiger charge is 2.30. The SMILES string of the molecule is CCN1c2ccccc2C(C)[C@@H]1C. The Hall–Kier alpha value is -0.980. The lowest BCUT2D eigenvalue weighted by Crippen LogP contribution is -2.30. The number of benzene rings is 1. The molecule has 70 valence electrons. The number of hydrogen-bond acceptors (Lipinski definition) is 1. The minimum Gasteiger partial charge on any atom is -0.368 e. The summed E-state index contributed by atoms with van der Waals surface area (Å²) < 4.78 is 0. The van der Waals surface area contributed by atoms with Crippen molar-refractivity contribution in [3.8, 4) is 0 Å². The van der Waals surface area contributed by atoms with E-state index in [0.29, 0.717) is 12.0 Å². The zero-order valence-corrected chi connectivity index (χ0v) is 8.62. The quantitative estimate of drug-likeness (QED) is 0.634. The van der Waals surface area contributed by atoms with Crippen LogP contribution in [-0.4, -0.2) is 12.6 Å². The van der Waals surface area contributed by atoms with Crippen LogP contribution in [0.1, 0.15) is 32.3 Å². The third kappa shape index (κ3) is 1.14. The summed E-state index contributed by atoms with van der Waals surface area (Å²) in [5, 5.41) is 0. The molecule has 1 aliphatic rings. The van der Waals surface area contributed by atoms with Crippen molar-refractivity contribution in [2.24, 2.45) is 0 Å². The Morgan fingerprint density at radius 1 is 1.23 bits per heavy atom. The number of para-hydroxylation sites is 1. The molecule has 0 aromatic heterocycles. The van der Waals surface area contributed by atoms with Crippen molar-refractivity contribution in [2.75, 3.05) is 11.4 Å². The van der Waals surface area contributed by atoms with Crippen LogP contribution < -0.4 is 4.90 Å². The van der Waals surface area contributed by atoms with Gasteiger partial charge in [0.1, 0.15) is 0 Å². The minimum atomic E-state index is 0.655. The van der Waals surface area contributed by atoms with Crippen molar-refractivity contribution >= 4 is 5.69 Å². The molecule has 0 fully saturated rings. The van der Waals surface area contributed by atoms with Crippen LogP contribution >= 0.6 is 0 Å². The number of rotatable bonds is 1. The summed E-state index contributed by atoms with van der Waals surface area (Å²) in [6, 6.07) is 9.42. The molecule has 1 aromatic rings. The first-order chi connectivity index (χ1) is 6.25. The van der Waals surface area contributed by atoms with Crippen LogP contribution in [-0.2, 0) is 0 Å². The lowest BCUT2D eigenvalue weighted by Gasteiger charge is -2.24. The van der Waals surface area contributed by atoms with Gasteiger partial charge in [-0.2, -0.15) is 0 Å². The monoisotopic (exact) mass is 175 g/mol. The van der Waals surface area contributed by atoms with Crippen LogP contribution in [0.2, 0.25) is 0 Å². The van der Waals surface area contributed by atoms with E-state index in [2.05, 4.69) is 49.9 Å². The third-order valence-corrected chi connectivity index (χ3v) is 3.29. The van der Waals surface area contributed by atoms with Crippen LogP contribution in [0.25, 0.3) is 0 Å². The molecular formula is C12H17N. The standard InChI is InChI=1S/C12H17N/c1-4-13-10(3)9(2)11-7-5-6-8-12(11)13/h5-10H,4H2,1-3H3/t9?,10-/m0/s1. The van der Waals surface area contributed by atoms with Crippen molar-refractivity contribution in [1.29, 1.82) is 0 Å². The predicted octanol–water partition coefficient (Wildman–Crippen LogP) is 3.02. The van der Waals surface area contributed by atoms with E-state index < -0.39 is 0 Å². The molecule has 13 heavy (non-hydrogen) atoms. The van der Waals surface area contributed by atoms with Gasteiger partial charge in [-0.25, -0.2) is 0 Å². The van der Waals surface area contributed by atoms with Gasteiger partial charge in [0.2, 0.25) is 0 Å². The molecule has 1 aliphatic heterocycles. The second kappa shape index (κ2) is 3.06. The topological polar surface area (TPSA) is 3.24 Å². The van der Waals surface area contributed by atoms with E-state index in [4.69, 9.17) is 0 Å². The van der Waals surface area contributed by atoms with E-state index in [9.17, 15) is 0 Å². The summed E-state index contributed by atoms with van der Waals surface area (Å²) in [4.78, 5) is 2.49. The van der Waals surface area contributed by atoms with E-state index in [1.807, 2.05) is 0 Å². The first kappa shape index (κ1) is 8.61. The van der Waals surface area contributed by atoms with Gasteiger partial charge in [-0.3, -0.25) is 0 Å². The van der Waals surface area contributed by atoms with E-state index in [0.717, 1.165) is 6.54 Å². The molecule has 0 bridgehead atoms. The van der Waals surface area contributed by atoms with Gasteiger partial charge in [0, 0.05) is 24.2 Å². The van der Waals surface area contributed by atoms with Gasteiger partial charge < -0.3 is 4.90 Å². The van der Waals surface area contributed by atoms with Crippen molar-refractivity contribution < 1.29 is 0 Å². The molecule has 1 unspecified atom stereocenters. The summed E-state index contributed by atoms with van der Waals surface area (Å²) in [5.74, 6) is 0.677. The Morgan fingerprint density at radius 3 is 2.62 bits per heavy atom. The summed E-state index contributed by atoms with van der Waals surface area (Å²) in [6.45, 7) is 7.97. The zero-order valence-electron chi connectivity index (χ0n) is 8.62. The Labute approximate surface area is 80.4 Å². The fourth-order valence-corrected chi connectivity index (χ4v) is 2.34. The molecular weight excluding hydrogens is 158 g/mol. The second-order valence-corrected chi connectivity index (χ2v) is 3.87. The molecule has 2 atom stereocenters. The van der Waals surface area contributed by atoms with E-state index in [1.165, 1.54) is 11.3 Å². The summed E-state index contributed by atoms with van der Waals surface area (Å²) in [7, 11) is 0. The normalized spacial score (nSPS) is 26.2. The molecule has 0 aliphatic carbocycles. The highest BCUT2D eigenvalue weighted by Crippen LogP contribution is 2.39. The van der Waals surface area contributed by atoms with Crippen LogP contribution in [0, 0.1) is 0 Å². The number of nitrogens with zero attached hydrogens (tertiary/aromatic N) is 1. The average Bonchev–Trinajstić information content (AvgIpc) is 2.41. The second-order valence-electron chi connectivity index (χ2n) is 3.87. The first-order valence-electron chi connectivity index (χ1n) is 5.11. The van der Waals surface area contributed by atoms with Gasteiger partial charge in [0.15, 0.2) is 0 Å². The molecule has 1 nitrogen and oxygen atoms in total. The molecule has 0 amide bonds. The lowest BCUT2D eigenvalue weighted by atomic mass is 9.99. The molecule has 1 heterocycles. The maximum atomic E-state index is 2.49. The van der Waals surface area contributed by atoms with Gasteiger partial charge in [0.25, 0.3) is 0 Å². The Kier molecular flexibility index (Phi) is 2.03. The van der Waals surface area contributed by atoms with Crippen molar-refractivity contribution in [3.05, 3.63) is 29.8 Å². The number of fused-ring (bicyclic) bond motifs is 1. The van der Waals surface area contributed by atoms with E-state index in [1.54, 1.807) is 0 Å². The van der Waals surface area contributed by atoms with Gasteiger partial charge in [0.05, 0.1) is 0 Å². The van der Waals surface area contributed by atoms with E-state index >= 15 is 0 Å². The van der Waals surface area contributed by atoms with Crippen LogP contribution in [0.3, 0.4) is 0 Å². The highest BCUT2D eigenvalue weighted by atomic mass is 15.2. The first-order valence-corrected chi connectivity index (χ1v) is 5.11. The fraction of sp³-hybridized carbons (Fsp3) is 0.500. The molecule has 1 heteroatoms. The van der Waals surface area contributed by atoms with Crippen LogP contribution in [0.5, 0.6) is 0 Å². The zero-order chi connectivity index (χ0) is 9.42. The summed E-state index contributed by atoms with van der Waals surface area (Å²) >= 11 is 0. The maximum absolute atomic E-state index is 2.49. The predicted molar refractivity (Wildman–Crippen MR) is 57.3 cm³/mol. The smallest absolute Gasteiger partial charge is 0.0404 e. The fourth-order valence-electron chi connectivity index (χ4n) is 2.34. The summed E-state index contributed by atoms with van der Waals surface area (Å²) in [6.07, 6.45) is 0. The number of hydrogen-bond donors (Lipinski definition) is 0. The van der Waals surface area contributed by atoms with Crippen molar-refractivity contribution in [3.63, 3.8) is 0 Å². The molecule has 0 saturated carbocycles. The largest absolute Gasteiger partial charge is 0.368 e. The number of anilines is 1. The molecule has 2 rings (SSSR count). The summed E-state index contributed by atoms with van der Waals surface area (Å²) in [5.41, 5.74) is 2.95. The lowest BCUT2D eigenvalue weighted by molar-refractivity contribution is 0.603. The van der Waals surface area contributed by atoms with Gasteiger partial charge in [-0.1, -0.05) is 25.1 Å². The minimum absolute atomic E-state index is 0.655. The Morgan fingerprint density at radius 2 is 1.92 bits per heavy atom. The maximum Gasteiger partial charge on any atom is 0.0404 e. The van der Waals surface area contributed by atoms with Gasteiger partial charge in [-0.05, 0) is 25.5 Å². The van der Waals surface area contributed by atoms with E-state index in [-0.39, 0.29) is 0 Å². The van der Waals surface area contributed by atoms with Gasteiger partial charge >= 0.3 is 0 Å². The molecule has 0 spiro atoms. The Balaban J connectivity index is 2.47. The van der Waals surface area contributed by atoms with Crippen LogP contribution in [0.4, 0.5) is 5.69 Å². The molecule has 1 aromatic carbocycles. The third-order valence-electron chi connectivity index (χ3n) is 3.29. The Bertz CT molecular complexity index is 306. The molecule has 0 N–H and O–H groups in total. The molecule has 0 saturated heterocycles. The average molecular weight is 175 g/mol. The van der Waals surface area contributed by atoms with Crippen molar-refractivity contribution in [1.82, 2.24) is 0 Å². The van der Waals surface area contributed by atoms with Crippen LogP contribution in [0.15, 0.2) is 24.3 Å². The highest BCUT2D eigenvalue weighted by molar-refractivity contribution is 5.61. The molecule has 0 radical (unpaired) electrons. The van der Waals surface area contributed by atoms with Crippen molar-refractivity contribution in [2.45, 2.75) is 32.7 Å².